The number of carbonyl (C=O) groups excluding carboxylic acids is 1. The average Bonchev–Trinajstić information content (AvgIpc) is 3.25. The normalized spacial score (nSPS) is 11.1. The molecular weight excluding hydrogens is 314 g/mol. The lowest BCUT2D eigenvalue weighted by atomic mass is 10.3. The molecule has 0 aromatic carbocycles. The van der Waals surface area contributed by atoms with Crippen molar-refractivity contribution in [3.63, 3.8) is 0 Å². The van der Waals surface area contributed by atoms with Gasteiger partial charge in [0.05, 0.1) is 22.6 Å². The molecule has 0 saturated heterocycles. The van der Waals surface area contributed by atoms with Gasteiger partial charge in [-0.25, -0.2) is 9.67 Å². The third kappa shape index (κ3) is 3.85. The second kappa shape index (κ2) is 6.76. The maximum Gasteiger partial charge on any atom is 0.268 e. The summed E-state index contributed by atoms with van der Waals surface area (Å²) in [6.45, 7) is 1.58. The van der Waals surface area contributed by atoms with Crippen molar-refractivity contribution in [3.8, 4) is 10.6 Å². The van der Waals surface area contributed by atoms with E-state index >= 15 is 0 Å². The standard InChI is InChI=1S/C15H17N5O2S/c1-19(2)7-8-20-10-16-15(18-20)17-14(21)13-6-5-12(23-13)11-4-3-9-22-11/h3-6,9-10H,7-8H2,1-2H3,(H,17,18,21). The summed E-state index contributed by atoms with van der Waals surface area (Å²) in [6, 6.07) is 7.31. The molecule has 1 amide bonds. The molecular formula is C15H17N5O2S. The Labute approximate surface area is 137 Å². The zero-order valence-electron chi connectivity index (χ0n) is 12.9. The Balaban J connectivity index is 1.63. The van der Waals surface area contributed by atoms with Crippen LogP contribution in [-0.2, 0) is 6.54 Å². The molecule has 3 heterocycles. The van der Waals surface area contributed by atoms with Gasteiger partial charge < -0.3 is 9.32 Å². The van der Waals surface area contributed by atoms with E-state index in [-0.39, 0.29) is 5.91 Å². The van der Waals surface area contributed by atoms with Crippen LogP contribution in [0, 0.1) is 0 Å². The highest BCUT2D eigenvalue weighted by Gasteiger charge is 2.13. The number of nitrogens with one attached hydrogen (secondary N) is 1. The van der Waals surface area contributed by atoms with Crippen LogP contribution in [0.5, 0.6) is 0 Å². The zero-order valence-corrected chi connectivity index (χ0v) is 13.7. The number of hydrogen-bond donors (Lipinski definition) is 1. The summed E-state index contributed by atoms with van der Waals surface area (Å²) in [5.74, 6) is 0.833. The molecule has 0 spiro atoms. The molecule has 23 heavy (non-hydrogen) atoms. The van der Waals surface area contributed by atoms with E-state index in [9.17, 15) is 4.79 Å². The molecule has 0 radical (unpaired) electrons. The van der Waals surface area contributed by atoms with Gasteiger partial charge in [-0.15, -0.1) is 16.4 Å². The van der Waals surface area contributed by atoms with Crippen LogP contribution in [0.3, 0.4) is 0 Å². The second-order valence-corrected chi connectivity index (χ2v) is 6.31. The molecule has 0 unspecified atom stereocenters. The summed E-state index contributed by atoms with van der Waals surface area (Å²) in [7, 11) is 3.99. The summed E-state index contributed by atoms with van der Waals surface area (Å²) in [6.07, 6.45) is 3.22. The van der Waals surface area contributed by atoms with Gasteiger partial charge in [0.1, 0.15) is 12.1 Å². The summed E-state index contributed by atoms with van der Waals surface area (Å²) in [5.41, 5.74) is 0. The monoisotopic (exact) mass is 331 g/mol. The van der Waals surface area contributed by atoms with E-state index in [0.717, 1.165) is 23.7 Å². The number of carbonyl (C=O) groups is 1. The minimum atomic E-state index is -0.224. The summed E-state index contributed by atoms with van der Waals surface area (Å²) >= 11 is 1.36. The smallest absolute Gasteiger partial charge is 0.268 e. The maximum atomic E-state index is 12.2. The predicted octanol–water partition coefficient (Wildman–Crippen LogP) is 2.41. The average molecular weight is 331 g/mol. The molecule has 3 rings (SSSR count). The van der Waals surface area contributed by atoms with Crippen LogP contribution in [-0.4, -0.2) is 46.2 Å². The lowest BCUT2D eigenvalue weighted by Crippen LogP contribution is -2.19. The highest BCUT2D eigenvalue weighted by atomic mass is 32.1. The van der Waals surface area contributed by atoms with Gasteiger partial charge in [-0.2, -0.15) is 0 Å². The molecule has 0 fully saturated rings. The number of nitrogens with zero attached hydrogens (tertiary/aromatic N) is 4. The van der Waals surface area contributed by atoms with Gasteiger partial charge >= 0.3 is 0 Å². The van der Waals surface area contributed by atoms with E-state index in [1.165, 1.54) is 11.3 Å². The van der Waals surface area contributed by atoms with Crippen molar-refractivity contribution in [3.05, 3.63) is 41.7 Å². The van der Waals surface area contributed by atoms with Crippen molar-refractivity contribution in [2.45, 2.75) is 6.54 Å². The van der Waals surface area contributed by atoms with E-state index in [4.69, 9.17) is 4.42 Å². The number of furan rings is 1. The SMILES string of the molecule is CN(C)CCn1cnc(NC(=O)c2ccc(-c3ccco3)s2)n1. The predicted molar refractivity (Wildman–Crippen MR) is 88.6 cm³/mol. The number of amides is 1. The summed E-state index contributed by atoms with van der Waals surface area (Å²) < 4.78 is 7.03. The summed E-state index contributed by atoms with van der Waals surface area (Å²) in [4.78, 5) is 19.9. The first-order valence-corrected chi connectivity index (χ1v) is 7.93. The number of aromatic nitrogens is 3. The van der Waals surface area contributed by atoms with Crippen molar-refractivity contribution in [1.29, 1.82) is 0 Å². The minimum absolute atomic E-state index is 0.224. The van der Waals surface area contributed by atoms with E-state index in [1.807, 2.05) is 32.3 Å². The van der Waals surface area contributed by atoms with Gasteiger partial charge in [0.2, 0.25) is 5.95 Å². The molecule has 0 aliphatic heterocycles. The third-order valence-electron chi connectivity index (χ3n) is 3.13. The van der Waals surface area contributed by atoms with Crippen LogP contribution in [0.2, 0.25) is 0 Å². The van der Waals surface area contributed by atoms with Crippen LogP contribution in [0.1, 0.15) is 9.67 Å². The van der Waals surface area contributed by atoms with Crippen LogP contribution in [0.4, 0.5) is 5.95 Å². The lowest BCUT2D eigenvalue weighted by Gasteiger charge is -2.07. The lowest BCUT2D eigenvalue weighted by molar-refractivity contribution is 0.102. The van der Waals surface area contributed by atoms with Crippen LogP contribution in [0.25, 0.3) is 10.6 Å². The van der Waals surface area contributed by atoms with Gasteiger partial charge in [-0.05, 0) is 38.4 Å². The molecule has 0 aliphatic rings. The first-order valence-electron chi connectivity index (χ1n) is 7.11. The Bertz CT molecular complexity index is 776. The van der Waals surface area contributed by atoms with Gasteiger partial charge in [-0.1, -0.05) is 0 Å². The second-order valence-electron chi connectivity index (χ2n) is 5.23. The van der Waals surface area contributed by atoms with E-state index in [1.54, 1.807) is 23.3 Å². The van der Waals surface area contributed by atoms with Crippen molar-refractivity contribution >= 4 is 23.2 Å². The highest BCUT2D eigenvalue weighted by Crippen LogP contribution is 2.28. The molecule has 0 saturated carbocycles. The fraction of sp³-hybridized carbons (Fsp3) is 0.267. The van der Waals surface area contributed by atoms with Crippen molar-refractivity contribution in [2.24, 2.45) is 0 Å². The molecule has 120 valence electrons. The molecule has 0 atom stereocenters. The fourth-order valence-corrected chi connectivity index (χ4v) is 2.81. The Morgan fingerprint density at radius 1 is 1.39 bits per heavy atom. The largest absolute Gasteiger partial charge is 0.464 e. The quantitative estimate of drug-likeness (QED) is 0.751. The Hall–Kier alpha value is -2.45. The van der Waals surface area contributed by atoms with E-state index < -0.39 is 0 Å². The first kappa shape index (κ1) is 15.4. The fourth-order valence-electron chi connectivity index (χ4n) is 1.94. The van der Waals surface area contributed by atoms with E-state index in [2.05, 4.69) is 20.3 Å². The van der Waals surface area contributed by atoms with Crippen LogP contribution in [0.15, 0.2) is 41.3 Å². The molecule has 0 aliphatic carbocycles. The number of rotatable bonds is 6. The maximum absolute atomic E-state index is 12.2. The molecule has 0 bridgehead atoms. The van der Waals surface area contributed by atoms with Gasteiger partial charge in [0, 0.05) is 6.54 Å². The number of thiophene rings is 1. The first-order chi connectivity index (χ1) is 11.1. The topological polar surface area (TPSA) is 76.2 Å². The Morgan fingerprint density at radius 2 is 2.26 bits per heavy atom. The third-order valence-corrected chi connectivity index (χ3v) is 4.23. The highest BCUT2D eigenvalue weighted by molar-refractivity contribution is 7.17. The van der Waals surface area contributed by atoms with Gasteiger partial charge in [0.15, 0.2) is 0 Å². The molecule has 1 N–H and O–H groups in total. The Morgan fingerprint density at radius 3 is 3.00 bits per heavy atom. The van der Waals surface area contributed by atoms with Gasteiger partial charge in [0.25, 0.3) is 5.91 Å². The molecule has 8 heteroatoms. The van der Waals surface area contributed by atoms with Crippen LogP contribution < -0.4 is 5.32 Å². The molecule has 7 nitrogen and oxygen atoms in total. The van der Waals surface area contributed by atoms with Crippen molar-refractivity contribution in [2.75, 3.05) is 26.0 Å². The van der Waals surface area contributed by atoms with Crippen molar-refractivity contribution < 1.29 is 9.21 Å². The zero-order chi connectivity index (χ0) is 16.2. The van der Waals surface area contributed by atoms with Crippen LogP contribution >= 0.6 is 11.3 Å². The number of anilines is 1. The number of hydrogen-bond acceptors (Lipinski definition) is 6. The summed E-state index contributed by atoms with van der Waals surface area (Å²) in [5, 5.41) is 6.95. The number of likely N-dealkylation sites (N-methyl/N-ethyl adjacent to an activating group) is 1. The molecule has 3 aromatic rings. The minimum Gasteiger partial charge on any atom is -0.464 e. The Kier molecular flexibility index (Phi) is 4.54. The van der Waals surface area contributed by atoms with Crippen molar-refractivity contribution in [1.82, 2.24) is 19.7 Å². The van der Waals surface area contributed by atoms with Gasteiger partial charge in [-0.3, -0.25) is 10.1 Å². The van der Waals surface area contributed by atoms with E-state index in [0.29, 0.717) is 10.8 Å². The molecule has 3 aromatic heterocycles.